The van der Waals surface area contributed by atoms with Gasteiger partial charge in [0, 0.05) is 26.2 Å². The van der Waals surface area contributed by atoms with Crippen molar-refractivity contribution in [2.24, 2.45) is 0 Å². The highest BCUT2D eigenvalue weighted by atomic mass is 16.5. The van der Waals surface area contributed by atoms with E-state index in [9.17, 15) is 9.59 Å². The molecule has 172 valence electrons. The number of nitrogens with zero attached hydrogens (tertiary/aromatic N) is 3. The summed E-state index contributed by atoms with van der Waals surface area (Å²) in [5.74, 6) is 0.797. The van der Waals surface area contributed by atoms with Gasteiger partial charge in [-0.2, -0.15) is 0 Å². The Labute approximate surface area is 195 Å². The van der Waals surface area contributed by atoms with Crippen LogP contribution in [-0.2, 0) is 9.59 Å². The van der Waals surface area contributed by atoms with Crippen molar-refractivity contribution in [3.8, 4) is 5.75 Å². The van der Waals surface area contributed by atoms with E-state index in [2.05, 4.69) is 18.2 Å². The van der Waals surface area contributed by atoms with Gasteiger partial charge in [0.2, 0.25) is 5.91 Å². The van der Waals surface area contributed by atoms with Gasteiger partial charge < -0.3 is 19.4 Å². The fourth-order valence-corrected chi connectivity index (χ4v) is 4.98. The number of amides is 2. The molecule has 0 bridgehead atoms. The quantitative estimate of drug-likeness (QED) is 0.722. The van der Waals surface area contributed by atoms with E-state index >= 15 is 0 Å². The smallest absolute Gasteiger partial charge is 0.265 e. The Morgan fingerprint density at radius 3 is 2.39 bits per heavy atom. The maximum Gasteiger partial charge on any atom is 0.265 e. The minimum absolute atomic E-state index is 0.0371. The molecule has 5 rings (SSSR count). The number of ether oxygens (including phenoxy) is 1. The van der Waals surface area contributed by atoms with Crippen LogP contribution in [0.15, 0.2) is 60.7 Å². The summed E-state index contributed by atoms with van der Waals surface area (Å²) in [6.45, 7) is 3.56. The molecule has 2 aromatic rings. The van der Waals surface area contributed by atoms with Gasteiger partial charge in [0.1, 0.15) is 5.75 Å². The van der Waals surface area contributed by atoms with Gasteiger partial charge in [0.25, 0.3) is 5.91 Å². The largest absolute Gasteiger partial charge is 0.477 e. The summed E-state index contributed by atoms with van der Waals surface area (Å²) < 4.78 is 6.10. The molecular weight excluding hydrogens is 414 g/mol. The molecule has 0 saturated carbocycles. The first kappa shape index (κ1) is 21.6. The van der Waals surface area contributed by atoms with E-state index in [1.165, 1.54) is 17.6 Å². The first-order chi connectivity index (χ1) is 16.2. The zero-order valence-corrected chi connectivity index (χ0v) is 19.0. The average Bonchev–Trinajstić information content (AvgIpc) is 2.89. The zero-order chi connectivity index (χ0) is 22.6. The number of likely N-dealkylation sites (tertiary alicyclic amines) is 1. The van der Waals surface area contributed by atoms with Crippen LogP contribution in [0.4, 0.5) is 5.69 Å². The number of benzene rings is 2. The number of carbonyl (C=O) groups excluding carboxylic acids is 2. The minimum atomic E-state index is -0.572. The summed E-state index contributed by atoms with van der Waals surface area (Å²) in [5.41, 5.74) is 3.40. The molecule has 3 aliphatic heterocycles. The molecule has 2 amide bonds. The van der Waals surface area contributed by atoms with Crippen LogP contribution in [0, 0.1) is 0 Å². The van der Waals surface area contributed by atoms with Crippen molar-refractivity contribution in [1.82, 2.24) is 9.80 Å². The molecule has 0 aromatic heterocycles. The van der Waals surface area contributed by atoms with E-state index in [-0.39, 0.29) is 18.4 Å². The van der Waals surface area contributed by atoms with Crippen molar-refractivity contribution < 1.29 is 14.3 Å². The standard InChI is InChI=1S/C27H31N3O3/c31-26(28-17-13-22(14-18-28)21-9-3-1-4-10-21)20-30-19-25(27(32)29-15-7-2-8-16-29)33-24-12-6-5-11-23(24)30/h1,3-6,9-13,25H,2,7-8,14-20H2. The van der Waals surface area contributed by atoms with Crippen molar-refractivity contribution in [3.63, 3.8) is 0 Å². The number of piperidine rings is 1. The molecule has 1 unspecified atom stereocenters. The fourth-order valence-electron chi connectivity index (χ4n) is 4.98. The zero-order valence-electron chi connectivity index (χ0n) is 19.0. The summed E-state index contributed by atoms with van der Waals surface area (Å²) in [6, 6.07) is 18.1. The van der Waals surface area contributed by atoms with Gasteiger partial charge in [-0.25, -0.2) is 0 Å². The molecule has 6 nitrogen and oxygen atoms in total. The number of para-hydroxylation sites is 2. The maximum atomic E-state index is 13.2. The average molecular weight is 446 g/mol. The molecule has 0 aliphatic carbocycles. The Morgan fingerprint density at radius 2 is 1.64 bits per heavy atom. The third kappa shape index (κ3) is 4.75. The molecule has 33 heavy (non-hydrogen) atoms. The molecule has 0 spiro atoms. The lowest BCUT2D eigenvalue weighted by molar-refractivity contribution is -0.140. The first-order valence-corrected chi connectivity index (χ1v) is 12.0. The lowest BCUT2D eigenvalue weighted by Gasteiger charge is -2.39. The predicted octanol–water partition coefficient (Wildman–Crippen LogP) is 3.58. The van der Waals surface area contributed by atoms with Crippen LogP contribution in [0.1, 0.15) is 31.2 Å². The van der Waals surface area contributed by atoms with Crippen LogP contribution < -0.4 is 9.64 Å². The molecule has 3 aliphatic rings. The Balaban J connectivity index is 1.27. The van der Waals surface area contributed by atoms with E-state index in [0.717, 1.165) is 38.0 Å². The summed E-state index contributed by atoms with van der Waals surface area (Å²) in [6.07, 6.45) is 5.71. The summed E-state index contributed by atoms with van der Waals surface area (Å²) in [5, 5.41) is 0. The third-order valence-electron chi connectivity index (χ3n) is 6.84. The molecule has 1 fully saturated rings. The highest BCUT2D eigenvalue weighted by Gasteiger charge is 2.35. The van der Waals surface area contributed by atoms with Crippen molar-refractivity contribution in [2.45, 2.75) is 31.8 Å². The predicted molar refractivity (Wildman–Crippen MR) is 129 cm³/mol. The number of hydrogen-bond acceptors (Lipinski definition) is 4. The molecule has 6 heteroatoms. The van der Waals surface area contributed by atoms with Gasteiger partial charge in [-0.3, -0.25) is 9.59 Å². The number of carbonyl (C=O) groups is 2. The van der Waals surface area contributed by atoms with E-state index in [1.807, 2.05) is 57.2 Å². The van der Waals surface area contributed by atoms with Crippen LogP contribution in [-0.4, -0.2) is 67.0 Å². The van der Waals surface area contributed by atoms with E-state index in [1.54, 1.807) is 0 Å². The second kappa shape index (κ2) is 9.69. The molecule has 1 atom stereocenters. The maximum absolute atomic E-state index is 13.2. The van der Waals surface area contributed by atoms with Crippen LogP contribution in [0.5, 0.6) is 5.75 Å². The highest BCUT2D eigenvalue weighted by molar-refractivity contribution is 5.87. The van der Waals surface area contributed by atoms with Crippen molar-refractivity contribution >= 4 is 23.1 Å². The van der Waals surface area contributed by atoms with Gasteiger partial charge in [-0.15, -0.1) is 0 Å². The second-order valence-electron chi connectivity index (χ2n) is 9.03. The summed E-state index contributed by atoms with van der Waals surface area (Å²) >= 11 is 0. The summed E-state index contributed by atoms with van der Waals surface area (Å²) in [4.78, 5) is 32.2. The van der Waals surface area contributed by atoms with E-state index in [4.69, 9.17) is 4.74 Å². The lowest BCUT2D eigenvalue weighted by Crippen LogP contribution is -2.53. The molecule has 1 saturated heterocycles. The van der Waals surface area contributed by atoms with Gasteiger partial charge in [0.15, 0.2) is 6.10 Å². The van der Waals surface area contributed by atoms with Crippen LogP contribution in [0.2, 0.25) is 0 Å². The monoisotopic (exact) mass is 445 g/mol. The van der Waals surface area contributed by atoms with E-state index in [0.29, 0.717) is 25.4 Å². The van der Waals surface area contributed by atoms with Crippen LogP contribution >= 0.6 is 0 Å². The van der Waals surface area contributed by atoms with Crippen LogP contribution in [0.3, 0.4) is 0 Å². The fraction of sp³-hybridized carbons (Fsp3) is 0.407. The van der Waals surface area contributed by atoms with Gasteiger partial charge in [-0.1, -0.05) is 48.5 Å². The van der Waals surface area contributed by atoms with Crippen molar-refractivity contribution in [3.05, 3.63) is 66.2 Å². The molecule has 0 N–H and O–H groups in total. The number of hydrogen-bond donors (Lipinski definition) is 0. The minimum Gasteiger partial charge on any atom is -0.477 e. The van der Waals surface area contributed by atoms with Crippen molar-refractivity contribution in [1.29, 1.82) is 0 Å². The summed E-state index contributed by atoms with van der Waals surface area (Å²) in [7, 11) is 0. The second-order valence-corrected chi connectivity index (χ2v) is 9.03. The Morgan fingerprint density at radius 1 is 0.879 bits per heavy atom. The Hall–Kier alpha value is -3.28. The third-order valence-corrected chi connectivity index (χ3v) is 6.84. The highest BCUT2D eigenvalue weighted by Crippen LogP contribution is 2.34. The van der Waals surface area contributed by atoms with Crippen molar-refractivity contribution in [2.75, 3.05) is 44.2 Å². The topological polar surface area (TPSA) is 53.1 Å². The molecule has 3 heterocycles. The molecule has 0 radical (unpaired) electrons. The van der Waals surface area contributed by atoms with Gasteiger partial charge in [0.05, 0.1) is 18.8 Å². The first-order valence-electron chi connectivity index (χ1n) is 12.0. The number of anilines is 1. The van der Waals surface area contributed by atoms with Gasteiger partial charge in [-0.05, 0) is 49.0 Å². The van der Waals surface area contributed by atoms with E-state index < -0.39 is 6.10 Å². The Kier molecular flexibility index (Phi) is 6.33. The number of fused-ring (bicyclic) bond motifs is 1. The number of rotatable bonds is 4. The lowest BCUT2D eigenvalue weighted by atomic mass is 9.99. The molecular formula is C27H31N3O3. The normalized spacial score (nSPS) is 20.5. The molecule has 2 aromatic carbocycles. The van der Waals surface area contributed by atoms with Gasteiger partial charge >= 0.3 is 0 Å². The Bertz CT molecular complexity index is 1030. The SMILES string of the molecule is O=C(CN1CC(C(=O)N2CCCCC2)Oc2ccccc21)N1CC=C(c2ccccc2)CC1. The van der Waals surface area contributed by atoms with Crippen LogP contribution in [0.25, 0.3) is 5.57 Å².